The highest BCUT2D eigenvalue weighted by atomic mass is 15.2. The minimum absolute atomic E-state index is 0.374. The Labute approximate surface area is 110 Å². The van der Waals surface area contributed by atoms with Crippen molar-refractivity contribution in [3.05, 3.63) is 48.7 Å². The summed E-state index contributed by atoms with van der Waals surface area (Å²) < 4.78 is 0. The summed E-state index contributed by atoms with van der Waals surface area (Å²) in [4.78, 5) is 12.2. The van der Waals surface area contributed by atoms with Crippen LogP contribution >= 0.6 is 0 Å². The van der Waals surface area contributed by atoms with Gasteiger partial charge in [-0.2, -0.15) is 0 Å². The molecule has 3 rings (SSSR count). The molecular weight excluding hydrogens is 240 g/mol. The van der Waals surface area contributed by atoms with Gasteiger partial charge in [-0.05, 0) is 17.7 Å². The second-order valence-electron chi connectivity index (χ2n) is 4.54. The SMILES string of the molecule is NC1=NC=CNC1(N)Cc1ccc2ncncc2c1. The van der Waals surface area contributed by atoms with Crippen molar-refractivity contribution in [1.82, 2.24) is 15.3 Å². The van der Waals surface area contributed by atoms with Gasteiger partial charge in [0, 0.05) is 30.4 Å². The lowest BCUT2D eigenvalue weighted by atomic mass is 9.97. The molecule has 0 saturated heterocycles. The number of rotatable bonds is 2. The molecule has 0 aliphatic carbocycles. The molecule has 0 spiro atoms. The number of hydrogen-bond donors (Lipinski definition) is 3. The molecule has 0 amide bonds. The van der Waals surface area contributed by atoms with Crippen LogP contribution < -0.4 is 16.8 Å². The largest absolute Gasteiger partial charge is 0.384 e. The fraction of sp³-hybridized carbons (Fsp3) is 0.154. The van der Waals surface area contributed by atoms with Crippen molar-refractivity contribution in [3.8, 4) is 0 Å². The normalized spacial score (nSPS) is 22.1. The molecule has 0 bridgehead atoms. The number of nitrogens with two attached hydrogens (primary N) is 2. The third-order valence-corrected chi connectivity index (χ3v) is 3.14. The van der Waals surface area contributed by atoms with E-state index in [2.05, 4.69) is 20.3 Å². The molecule has 2 aromatic rings. The Morgan fingerprint density at radius 1 is 1.32 bits per heavy atom. The monoisotopic (exact) mass is 254 g/mol. The van der Waals surface area contributed by atoms with Gasteiger partial charge in [0.2, 0.25) is 0 Å². The fourth-order valence-corrected chi connectivity index (χ4v) is 2.10. The van der Waals surface area contributed by atoms with E-state index in [9.17, 15) is 0 Å². The van der Waals surface area contributed by atoms with E-state index >= 15 is 0 Å². The van der Waals surface area contributed by atoms with Crippen LogP contribution in [0.1, 0.15) is 5.56 Å². The molecule has 19 heavy (non-hydrogen) atoms. The van der Waals surface area contributed by atoms with Crippen LogP contribution in [0.25, 0.3) is 10.9 Å². The first-order chi connectivity index (χ1) is 9.17. The molecule has 0 fully saturated rings. The van der Waals surface area contributed by atoms with Gasteiger partial charge in [-0.1, -0.05) is 6.07 Å². The van der Waals surface area contributed by atoms with Crippen LogP contribution in [0, 0.1) is 0 Å². The van der Waals surface area contributed by atoms with Crippen molar-refractivity contribution in [3.63, 3.8) is 0 Å². The Bertz CT molecular complexity index is 678. The minimum Gasteiger partial charge on any atom is -0.384 e. The van der Waals surface area contributed by atoms with Crippen LogP contribution in [-0.2, 0) is 6.42 Å². The zero-order valence-electron chi connectivity index (χ0n) is 10.2. The predicted octanol–water partition coefficient (Wildman–Crippen LogP) is 0.259. The van der Waals surface area contributed by atoms with Crippen molar-refractivity contribution in [2.24, 2.45) is 16.5 Å². The second kappa shape index (κ2) is 4.33. The minimum atomic E-state index is -0.849. The number of aliphatic imine (C=N–C) groups is 1. The van der Waals surface area contributed by atoms with E-state index in [0.29, 0.717) is 12.3 Å². The maximum atomic E-state index is 6.23. The Hall–Kier alpha value is -2.47. The Morgan fingerprint density at radius 3 is 3.05 bits per heavy atom. The number of nitrogens with zero attached hydrogens (tertiary/aromatic N) is 3. The molecule has 6 nitrogen and oxygen atoms in total. The van der Waals surface area contributed by atoms with Gasteiger partial charge in [0.1, 0.15) is 17.8 Å². The van der Waals surface area contributed by atoms with Gasteiger partial charge in [0.25, 0.3) is 0 Å². The van der Waals surface area contributed by atoms with E-state index in [0.717, 1.165) is 16.5 Å². The van der Waals surface area contributed by atoms with Gasteiger partial charge < -0.3 is 16.8 Å². The highest BCUT2D eigenvalue weighted by Crippen LogP contribution is 2.17. The van der Waals surface area contributed by atoms with Crippen molar-refractivity contribution < 1.29 is 0 Å². The molecule has 96 valence electrons. The van der Waals surface area contributed by atoms with Gasteiger partial charge in [0.15, 0.2) is 0 Å². The first-order valence-electron chi connectivity index (χ1n) is 5.91. The molecule has 0 saturated carbocycles. The summed E-state index contributed by atoms with van der Waals surface area (Å²) in [5.41, 5.74) is 13.2. The van der Waals surface area contributed by atoms with Gasteiger partial charge in [-0.25, -0.2) is 15.0 Å². The van der Waals surface area contributed by atoms with Crippen LogP contribution in [0.4, 0.5) is 0 Å². The Kier molecular flexibility index (Phi) is 2.64. The fourth-order valence-electron chi connectivity index (χ4n) is 2.10. The van der Waals surface area contributed by atoms with E-state index in [-0.39, 0.29) is 0 Å². The van der Waals surface area contributed by atoms with E-state index in [1.807, 2.05) is 18.2 Å². The standard InChI is InChI=1S/C13H14N6/c14-12-13(15,19-4-3-17-12)6-9-1-2-11-10(5-9)7-16-8-18-11/h1-5,7-8,19H,6,15H2,(H2,14,17). The number of amidine groups is 1. The van der Waals surface area contributed by atoms with Crippen LogP contribution in [0.2, 0.25) is 0 Å². The van der Waals surface area contributed by atoms with E-state index in [4.69, 9.17) is 11.5 Å². The van der Waals surface area contributed by atoms with E-state index in [1.54, 1.807) is 18.6 Å². The molecule has 1 atom stereocenters. The van der Waals surface area contributed by atoms with Gasteiger partial charge >= 0.3 is 0 Å². The van der Waals surface area contributed by atoms with Crippen molar-refractivity contribution in [2.45, 2.75) is 12.1 Å². The number of nitrogens with one attached hydrogen (secondary N) is 1. The quantitative estimate of drug-likeness (QED) is 0.713. The summed E-state index contributed by atoms with van der Waals surface area (Å²) in [5, 5.41) is 4.03. The van der Waals surface area contributed by atoms with Crippen LogP contribution in [0.3, 0.4) is 0 Å². The third kappa shape index (κ3) is 2.13. The molecule has 1 aliphatic heterocycles. The van der Waals surface area contributed by atoms with Crippen molar-refractivity contribution in [2.75, 3.05) is 0 Å². The van der Waals surface area contributed by atoms with Crippen molar-refractivity contribution in [1.29, 1.82) is 0 Å². The molecule has 1 unspecified atom stereocenters. The number of benzene rings is 1. The summed E-state index contributed by atoms with van der Waals surface area (Å²) >= 11 is 0. The maximum absolute atomic E-state index is 6.23. The second-order valence-corrected chi connectivity index (χ2v) is 4.54. The average molecular weight is 254 g/mol. The van der Waals surface area contributed by atoms with E-state index in [1.165, 1.54) is 6.33 Å². The molecule has 2 heterocycles. The Balaban J connectivity index is 1.93. The van der Waals surface area contributed by atoms with E-state index < -0.39 is 5.66 Å². The van der Waals surface area contributed by atoms with Gasteiger partial charge in [-0.15, -0.1) is 0 Å². The highest BCUT2D eigenvalue weighted by molar-refractivity contribution is 5.91. The smallest absolute Gasteiger partial charge is 0.149 e. The molecule has 6 heteroatoms. The number of hydrogen-bond acceptors (Lipinski definition) is 6. The lowest BCUT2D eigenvalue weighted by molar-refractivity contribution is 0.495. The van der Waals surface area contributed by atoms with Crippen molar-refractivity contribution >= 4 is 16.7 Å². The van der Waals surface area contributed by atoms with Crippen LogP contribution in [0.15, 0.2) is 48.1 Å². The number of aromatic nitrogens is 2. The summed E-state index contributed by atoms with van der Waals surface area (Å²) in [7, 11) is 0. The lowest BCUT2D eigenvalue weighted by Crippen LogP contribution is -2.63. The summed E-state index contributed by atoms with van der Waals surface area (Å²) in [6, 6.07) is 5.94. The summed E-state index contributed by atoms with van der Waals surface area (Å²) in [6.45, 7) is 0. The molecule has 1 aliphatic rings. The maximum Gasteiger partial charge on any atom is 0.149 e. The highest BCUT2D eigenvalue weighted by Gasteiger charge is 2.30. The van der Waals surface area contributed by atoms with Crippen LogP contribution in [-0.4, -0.2) is 21.5 Å². The first-order valence-corrected chi connectivity index (χ1v) is 5.91. The summed E-state index contributed by atoms with van der Waals surface area (Å²) in [5.74, 6) is 0.374. The van der Waals surface area contributed by atoms with Gasteiger partial charge in [-0.3, -0.25) is 0 Å². The zero-order chi connectivity index (χ0) is 13.3. The third-order valence-electron chi connectivity index (χ3n) is 3.14. The first kappa shape index (κ1) is 11.6. The van der Waals surface area contributed by atoms with Gasteiger partial charge in [0.05, 0.1) is 5.52 Å². The molecule has 1 aromatic carbocycles. The zero-order valence-corrected chi connectivity index (χ0v) is 10.2. The molecule has 0 radical (unpaired) electrons. The number of fused-ring (bicyclic) bond motifs is 1. The Morgan fingerprint density at radius 2 is 2.21 bits per heavy atom. The van der Waals surface area contributed by atoms with Crippen LogP contribution in [0.5, 0.6) is 0 Å². The molecule has 1 aromatic heterocycles. The topological polar surface area (TPSA) is 102 Å². The molecular formula is C13H14N6. The molecule has 5 N–H and O–H groups in total. The average Bonchev–Trinajstić information content (AvgIpc) is 2.42. The predicted molar refractivity (Wildman–Crippen MR) is 74.1 cm³/mol. The lowest BCUT2D eigenvalue weighted by Gasteiger charge is -2.31. The summed E-state index contributed by atoms with van der Waals surface area (Å²) in [6.07, 6.45) is 7.14.